The summed E-state index contributed by atoms with van der Waals surface area (Å²) >= 11 is 0. The summed E-state index contributed by atoms with van der Waals surface area (Å²) < 4.78 is 0. The third-order valence-electron chi connectivity index (χ3n) is 3.12. The molecule has 4 nitrogen and oxygen atoms in total. The Labute approximate surface area is 96.6 Å². The van der Waals surface area contributed by atoms with Crippen molar-refractivity contribution in [2.24, 2.45) is 5.92 Å². The van der Waals surface area contributed by atoms with Crippen molar-refractivity contribution in [3.63, 3.8) is 0 Å². The molecule has 1 aliphatic rings. The standard InChI is InChI=1S/C12H21NO3/c1-2-4-10-7-8-13(9-10)11(14)5-3-6-12(15)16/h10H,2-9H2,1H3,(H,15,16). The first kappa shape index (κ1) is 13.0. The summed E-state index contributed by atoms with van der Waals surface area (Å²) in [6, 6.07) is 0. The van der Waals surface area contributed by atoms with Gasteiger partial charge in [-0.2, -0.15) is 0 Å². The summed E-state index contributed by atoms with van der Waals surface area (Å²) in [6.07, 6.45) is 4.41. The highest BCUT2D eigenvalue weighted by atomic mass is 16.4. The van der Waals surface area contributed by atoms with Crippen molar-refractivity contribution in [3.8, 4) is 0 Å². The van der Waals surface area contributed by atoms with Crippen LogP contribution in [-0.2, 0) is 9.59 Å². The lowest BCUT2D eigenvalue weighted by atomic mass is 10.0. The largest absolute Gasteiger partial charge is 0.481 e. The predicted octanol–water partition coefficient (Wildman–Crippen LogP) is 1.89. The molecule has 1 atom stereocenters. The van der Waals surface area contributed by atoms with Gasteiger partial charge in [0.25, 0.3) is 0 Å². The molecule has 1 unspecified atom stereocenters. The number of likely N-dealkylation sites (tertiary alicyclic amines) is 1. The average Bonchev–Trinajstić information content (AvgIpc) is 2.66. The van der Waals surface area contributed by atoms with Crippen LogP contribution in [0.25, 0.3) is 0 Å². The predicted molar refractivity (Wildman–Crippen MR) is 61.1 cm³/mol. The van der Waals surface area contributed by atoms with Gasteiger partial charge in [-0.1, -0.05) is 13.3 Å². The van der Waals surface area contributed by atoms with E-state index in [1.165, 1.54) is 12.8 Å². The van der Waals surface area contributed by atoms with E-state index in [1.54, 1.807) is 0 Å². The number of carboxylic acid groups (broad SMARTS) is 1. The molecular formula is C12H21NO3. The van der Waals surface area contributed by atoms with Crippen LogP contribution < -0.4 is 0 Å². The van der Waals surface area contributed by atoms with Crippen LogP contribution in [0.2, 0.25) is 0 Å². The van der Waals surface area contributed by atoms with Gasteiger partial charge >= 0.3 is 5.97 Å². The van der Waals surface area contributed by atoms with Gasteiger partial charge < -0.3 is 10.0 Å². The molecule has 0 aromatic carbocycles. The molecule has 1 aliphatic heterocycles. The van der Waals surface area contributed by atoms with Crippen LogP contribution in [0.3, 0.4) is 0 Å². The van der Waals surface area contributed by atoms with Crippen molar-refractivity contribution >= 4 is 11.9 Å². The maximum absolute atomic E-state index is 11.7. The number of carbonyl (C=O) groups excluding carboxylic acids is 1. The van der Waals surface area contributed by atoms with Crippen LogP contribution in [0, 0.1) is 5.92 Å². The molecule has 0 aliphatic carbocycles. The third-order valence-corrected chi connectivity index (χ3v) is 3.12. The van der Waals surface area contributed by atoms with Crippen LogP contribution in [0.1, 0.15) is 45.4 Å². The highest BCUT2D eigenvalue weighted by molar-refractivity contribution is 5.77. The van der Waals surface area contributed by atoms with Gasteiger partial charge in [0, 0.05) is 25.9 Å². The monoisotopic (exact) mass is 227 g/mol. The van der Waals surface area contributed by atoms with Crippen LogP contribution >= 0.6 is 0 Å². The lowest BCUT2D eigenvalue weighted by Crippen LogP contribution is -2.28. The summed E-state index contributed by atoms with van der Waals surface area (Å²) in [4.78, 5) is 23.9. The molecule has 1 rings (SSSR count). The van der Waals surface area contributed by atoms with Gasteiger partial charge in [0.2, 0.25) is 5.91 Å². The lowest BCUT2D eigenvalue weighted by molar-refractivity contribution is -0.137. The summed E-state index contributed by atoms with van der Waals surface area (Å²) in [6.45, 7) is 3.90. The van der Waals surface area contributed by atoms with E-state index in [-0.39, 0.29) is 12.3 Å². The minimum absolute atomic E-state index is 0.0952. The van der Waals surface area contributed by atoms with E-state index in [1.807, 2.05) is 4.90 Å². The fourth-order valence-corrected chi connectivity index (χ4v) is 2.25. The highest BCUT2D eigenvalue weighted by Crippen LogP contribution is 2.21. The van der Waals surface area contributed by atoms with Gasteiger partial charge in [0.1, 0.15) is 0 Å². The topological polar surface area (TPSA) is 57.6 Å². The molecule has 16 heavy (non-hydrogen) atoms. The van der Waals surface area contributed by atoms with E-state index in [0.29, 0.717) is 18.8 Å². The lowest BCUT2D eigenvalue weighted by Gasteiger charge is -2.16. The molecule has 1 amide bonds. The van der Waals surface area contributed by atoms with Crippen molar-refractivity contribution < 1.29 is 14.7 Å². The van der Waals surface area contributed by atoms with Crippen molar-refractivity contribution in [1.82, 2.24) is 4.90 Å². The first-order valence-corrected chi connectivity index (χ1v) is 6.13. The minimum atomic E-state index is -0.821. The van der Waals surface area contributed by atoms with E-state index in [9.17, 15) is 9.59 Å². The maximum atomic E-state index is 11.7. The van der Waals surface area contributed by atoms with Crippen molar-refractivity contribution in [3.05, 3.63) is 0 Å². The minimum Gasteiger partial charge on any atom is -0.481 e. The van der Waals surface area contributed by atoms with Crippen LogP contribution in [0.4, 0.5) is 0 Å². The Hall–Kier alpha value is -1.06. The number of amides is 1. The van der Waals surface area contributed by atoms with E-state index >= 15 is 0 Å². The molecular weight excluding hydrogens is 206 g/mol. The third kappa shape index (κ3) is 4.21. The zero-order chi connectivity index (χ0) is 12.0. The zero-order valence-electron chi connectivity index (χ0n) is 9.95. The molecule has 1 fully saturated rings. The molecule has 0 spiro atoms. The van der Waals surface area contributed by atoms with E-state index in [0.717, 1.165) is 19.5 Å². The molecule has 1 heterocycles. The number of rotatable bonds is 6. The van der Waals surface area contributed by atoms with Crippen molar-refractivity contribution in [1.29, 1.82) is 0 Å². The number of carboxylic acids is 1. The van der Waals surface area contributed by atoms with E-state index < -0.39 is 5.97 Å². The first-order valence-electron chi connectivity index (χ1n) is 6.13. The molecule has 0 bridgehead atoms. The molecule has 92 valence electrons. The van der Waals surface area contributed by atoms with Crippen LogP contribution in [0.5, 0.6) is 0 Å². The van der Waals surface area contributed by atoms with Gasteiger partial charge in [0.15, 0.2) is 0 Å². The molecule has 0 aromatic heterocycles. The van der Waals surface area contributed by atoms with Gasteiger partial charge in [-0.3, -0.25) is 9.59 Å². The first-order chi connectivity index (χ1) is 7.63. The number of hydrogen-bond acceptors (Lipinski definition) is 2. The highest BCUT2D eigenvalue weighted by Gasteiger charge is 2.24. The summed E-state index contributed by atoms with van der Waals surface area (Å²) in [5.41, 5.74) is 0. The maximum Gasteiger partial charge on any atom is 0.303 e. The summed E-state index contributed by atoms with van der Waals surface area (Å²) in [5, 5.41) is 8.48. The van der Waals surface area contributed by atoms with Crippen LogP contribution in [-0.4, -0.2) is 35.0 Å². The van der Waals surface area contributed by atoms with Gasteiger partial charge in [0.05, 0.1) is 0 Å². The molecule has 1 N–H and O–H groups in total. The Balaban J connectivity index is 2.20. The number of aliphatic carboxylic acids is 1. The Morgan fingerprint density at radius 2 is 2.12 bits per heavy atom. The second-order valence-corrected chi connectivity index (χ2v) is 4.53. The van der Waals surface area contributed by atoms with E-state index in [4.69, 9.17) is 5.11 Å². The smallest absolute Gasteiger partial charge is 0.303 e. The van der Waals surface area contributed by atoms with Crippen molar-refractivity contribution in [2.45, 2.75) is 45.4 Å². The quantitative estimate of drug-likeness (QED) is 0.753. The van der Waals surface area contributed by atoms with Gasteiger partial charge in [-0.25, -0.2) is 0 Å². The molecule has 4 heteroatoms. The zero-order valence-corrected chi connectivity index (χ0v) is 9.95. The second-order valence-electron chi connectivity index (χ2n) is 4.53. The molecule has 0 saturated carbocycles. The SMILES string of the molecule is CCCC1CCN(C(=O)CCCC(=O)O)C1. The van der Waals surface area contributed by atoms with Gasteiger partial charge in [-0.15, -0.1) is 0 Å². The Kier molecular flexibility index (Phi) is 5.29. The second kappa shape index (κ2) is 6.51. The van der Waals surface area contributed by atoms with E-state index in [2.05, 4.69) is 6.92 Å². The Bertz CT molecular complexity index is 253. The Morgan fingerprint density at radius 3 is 2.75 bits per heavy atom. The Morgan fingerprint density at radius 1 is 1.38 bits per heavy atom. The fourth-order valence-electron chi connectivity index (χ4n) is 2.25. The normalized spacial score (nSPS) is 20.1. The van der Waals surface area contributed by atoms with Crippen molar-refractivity contribution in [2.75, 3.05) is 13.1 Å². The number of carbonyl (C=O) groups is 2. The number of nitrogens with zero attached hydrogens (tertiary/aromatic N) is 1. The fraction of sp³-hybridized carbons (Fsp3) is 0.833. The summed E-state index contributed by atoms with van der Waals surface area (Å²) in [7, 11) is 0. The summed E-state index contributed by atoms with van der Waals surface area (Å²) in [5.74, 6) is -0.0358. The average molecular weight is 227 g/mol. The molecule has 0 aromatic rings. The molecule has 1 saturated heterocycles. The number of hydrogen-bond donors (Lipinski definition) is 1. The van der Waals surface area contributed by atoms with Crippen LogP contribution in [0.15, 0.2) is 0 Å². The molecule has 0 radical (unpaired) electrons. The van der Waals surface area contributed by atoms with Gasteiger partial charge in [-0.05, 0) is 25.2 Å².